The summed E-state index contributed by atoms with van der Waals surface area (Å²) in [5.74, 6) is 0.228. The number of rotatable bonds is 28. The Morgan fingerprint density at radius 1 is 0.964 bits per heavy atom. The van der Waals surface area contributed by atoms with Crippen LogP contribution in [0.5, 0.6) is 0 Å². The molecule has 3 aromatic rings. The van der Waals surface area contributed by atoms with Crippen molar-refractivity contribution < 1.29 is 42.9 Å². The van der Waals surface area contributed by atoms with Crippen LogP contribution in [-0.2, 0) is 34.4 Å². The van der Waals surface area contributed by atoms with Crippen LogP contribution in [0.2, 0.25) is 0 Å². The Balaban J connectivity index is 1.02. The summed E-state index contributed by atoms with van der Waals surface area (Å²) in [4.78, 5) is 22.8. The molecule has 1 saturated heterocycles. The summed E-state index contributed by atoms with van der Waals surface area (Å²) in [7, 11) is -4.81. The Labute approximate surface area is 329 Å². The smallest absolute Gasteiger partial charge is 0.387 e. The van der Waals surface area contributed by atoms with Crippen LogP contribution >= 0.6 is 7.82 Å². The molecule has 1 saturated carbocycles. The van der Waals surface area contributed by atoms with Crippen molar-refractivity contribution in [3.63, 3.8) is 0 Å². The summed E-state index contributed by atoms with van der Waals surface area (Å²) in [5.41, 5.74) is 3.91. The number of fused-ring (bicyclic) bond motifs is 2. The van der Waals surface area contributed by atoms with E-state index in [4.69, 9.17) is 34.3 Å². The lowest BCUT2D eigenvalue weighted by Gasteiger charge is -2.24. The van der Waals surface area contributed by atoms with E-state index in [0.717, 1.165) is 19.3 Å². The number of phosphoric acid groups is 1. The average Bonchev–Trinajstić information content (AvgIpc) is 3.44. The van der Waals surface area contributed by atoms with Gasteiger partial charge in [0.05, 0.1) is 43.6 Å². The molecule has 56 heavy (non-hydrogen) atoms. The number of hydrogen-bond donors (Lipinski definition) is 4. The number of nitrogens with zero attached hydrogens (tertiary/aromatic N) is 6. The number of nitrogens with two attached hydrogens (primary N) is 1. The largest absolute Gasteiger partial charge is 0.472 e. The fourth-order valence-corrected chi connectivity index (χ4v) is 8.50. The van der Waals surface area contributed by atoms with Gasteiger partial charge < -0.3 is 35.1 Å². The van der Waals surface area contributed by atoms with E-state index >= 15 is 0 Å². The highest BCUT2D eigenvalue weighted by atomic mass is 31.2. The van der Waals surface area contributed by atoms with E-state index in [2.05, 4.69) is 27.0 Å². The van der Waals surface area contributed by atoms with Gasteiger partial charge in [-0.3, -0.25) is 14.0 Å². The van der Waals surface area contributed by atoms with E-state index in [1.54, 1.807) is 12.1 Å². The number of hydrogen-bond acceptors (Lipinski definition) is 14. The van der Waals surface area contributed by atoms with Crippen molar-refractivity contribution in [1.29, 1.82) is 5.26 Å². The van der Waals surface area contributed by atoms with Crippen LogP contribution in [0.25, 0.3) is 5.52 Å². The number of nitrogen functional groups attached to an aromatic ring is 1. The van der Waals surface area contributed by atoms with Crippen LogP contribution in [0.3, 0.4) is 0 Å². The molecule has 2 unspecified atom stereocenters. The van der Waals surface area contributed by atoms with E-state index in [1.807, 2.05) is 6.07 Å². The van der Waals surface area contributed by atoms with Gasteiger partial charge in [0, 0.05) is 6.61 Å². The number of phosphoric ester groups is 1. The molecule has 4 heterocycles. The van der Waals surface area contributed by atoms with Crippen LogP contribution in [0.15, 0.2) is 30.9 Å². The summed E-state index contributed by atoms with van der Waals surface area (Å²) < 4.78 is 43.2. The van der Waals surface area contributed by atoms with Gasteiger partial charge in [-0.1, -0.05) is 103 Å². The highest BCUT2D eigenvalue weighted by molar-refractivity contribution is 7.47. The fraction of sp³-hybridized carbons (Fsp3) is 0.718. The summed E-state index contributed by atoms with van der Waals surface area (Å²) in [6.45, 7) is 3.89. The molecule has 5 rings (SSSR count). The normalized spacial score (nSPS) is 24.5. The second-order valence-corrected chi connectivity index (χ2v) is 16.6. The third-order valence-corrected chi connectivity index (χ3v) is 11.9. The molecule has 310 valence electrons. The number of aliphatic hydroxyl groups excluding tert-OH is 1. The van der Waals surface area contributed by atoms with E-state index in [0.29, 0.717) is 23.5 Å². The number of aromatic nitrogens is 5. The van der Waals surface area contributed by atoms with Gasteiger partial charge in [0.1, 0.15) is 47.9 Å². The van der Waals surface area contributed by atoms with Gasteiger partial charge in [-0.25, -0.2) is 19.0 Å². The topological polar surface area (TPSA) is 230 Å². The maximum absolute atomic E-state index is 13.2. The third-order valence-electron chi connectivity index (χ3n) is 10.9. The molecule has 2 aliphatic rings. The number of nitriles is 1. The maximum atomic E-state index is 13.2. The van der Waals surface area contributed by atoms with Crippen molar-refractivity contribution in [3.8, 4) is 6.07 Å². The molecule has 17 heteroatoms. The Kier molecular flexibility index (Phi) is 16.6. The van der Waals surface area contributed by atoms with Crippen molar-refractivity contribution in [3.05, 3.63) is 47.9 Å². The minimum absolute atomic E-state index is 0.0153. The number of ether oxygens (including phenoxy) is 3. The van der Waals surface area contributed by atoms with Gasteiger partial charge in [0.2, 0.25) is 0 Å². The standard InChI is InChI=1S/C39H60N7O9P/c1-3-4-5-6-7-8-9-10-11-12-13-14-15-16-17-18-21-51-26-31(52-25-30-24-42-29(22-40)23-43-30)27-53-56(49,50)55-37-38(2)39(37,48)35(47)34(54-38)32-19-20-33-36(41)44-28-45-46(32)33/h19-20,23-24,28,31,34-35,37,47-48H,3-18,21,25-27H2,1-2H3,(H,49,50)(H2,41,44,45)/t31-,34-,35-,37?,38+,39+/m0/s1. The molecule has 16 nitrogen and oxygen atoms in total. The molecule has 0 bridgehead atoms. The Morgan fingerprint density at radius 2 is 1.61 bits per heavy atom. The lowest BCUT2D eigenvalue weighted by molar-refractivity contribution is -0.0837. The van der Waals surface area contributed by atoms with Gasteiger partial charge in [-0.15, -0.1) is 0 Å². The second kappa shape index (κ2) is 21.1. The molecular formula is C39H60N7O9P. The first-order valence-corrected chi connectivity index (χ1v) is 21.8. The van der Waals surface area contributed by atoms with Gasteiger partial charge >= 0.3 is 7.82 Å². The van der Waals surface area contributed by atoms with Crippen molar-refractivity contribution in [2.45, 2.75) is 159 Å². The average molecular weight is 802 g/mol. The number of aliphatic hydroxyl groups is 2. The first kappa shape index (κ1) is 44.0. The number of anilines is 1. The maximum Gasteiger partial charge on any atom is 0.472 e. The molecule has 0 amide bonds. The van der Waals surface area contributed by atoms with Gasteiger partial charge in [0.25, 0.3) is 0 Å². The Hall–Kier alpha value is -3.10. The molecule has 1 aliphatic carbocycles. The highest BCUT2D eigenvalue weighted by Crippen LogP contribution is 2.68. The van der Waals surface area contributed by atoms with Crippen LogP contribution in [0, 0.1) is 11.3 Å². The van der Waals surface area contributed by atoms with Crippen molar-refractivity contribution in [2.24, 2.45) is 0 Å². The van der Waals surface area contributed by atoms with Gasteiger partial charge in [-0.05, 0) is 25.5 Å². The van der Waals surface area contributed by atoms with Crippen LogP contribution < -0.4 is 5.73 Å². The van der Waals surface area contributed by atoms with E-state index in [1.165, 1.54) is 114 Å². The molecule has 2 fully saturated rings. The molecule has 0 radical (unpaired) electrons. The molecular weight excluding hydrogens is 741 g/mol. The third kappa shape index (κ3) is 11.3. The summed E-state index contributed by atoms with van der Waals surface area (Å²) in [6.07, 6.45) is 19.7. The minimum atomic E-state index is -4.81. The van der Waals surface area contributed by atoms with Crippen LogP contribution in [0.4, 0.5) is 5.82 Å². The molecule has 7 atom stereocenters. The van der Waals surface area contributed by atoms with Gasteiger partial charge in [0.15, 0.2) is 17.1 Å². The Morgan fingerprint density at radius 3 is 2.18 bits per heavy atom. The molecule has 5 N–H and O–H groups in total. The van der Waals surface area contributed by atoms with E-state index < -0.39 is 43.4 Å². The van der Waals surface area contributed by atoms with Crippen molar-refractivity contribution in [2.75, 3.05) is 25.6 Å². The van der Waals surface area contributed by atoms with Crippen molar-refractivity contribution >= 4 is 19.2 Å². The second-order valence-electron chi connectivity index (χ2n) is 15.2. The quantitative estimate of drug-likeness (QED) is 0.0468. The van der Waals surface area contributed by atoms with Crippen LogP contribution in [0.1, 0.15) is 140 Å². The zero-order chi connectivity index (χ0) is 40.0. The molecule has 0 spiro atoms. The summed E-state index contributed by atoms with van der Waals surface area (Å²) >= 11 is 0. The zero-order valence-corrected chi connectivity index (χ0v) is 33.7. The predicted octanol–water partition coefficient (Wildman–Crippen LogP) is 6.27. The lowest BCUT2D eigenvalue weighted by atomic mass is 10.0. The SMILES string of the molecule is CCCCCCCCCCCCCCCCCCOC[C@@H](COP(=O)(O)OC1[C@@]2(C)O[C@@H](c3ccc4c(N)ncnn34)[C@H](O)[C@@]12O)OCc1cnc(C#N)cn1. The van der Waals surface area contributed by atoms with Crippen LogP contribution in [-0.4, -0.2) is 89.0 Å². The summed E-state index contributed by atoms with van der Waals surface area (Å²) in [5, 5.41) is 35.8. The van der Waals surface area contributed by atoms with E-state index in [9.17, 15) is 19.7 Å². The van der Waals surface area contributed by atoms with E-state index in [-0.39, 0.29) is 31.3 Å². The molecule has 1 aliphatic heterocycles. The number of unbranched alkanes of at least 4 members (excludes halogenated alkanes) is 15. The predicted molar refractivity (Wildman–Crippen MR) is 207 cm³/mol. The Bertz CT molecular complexity index is 1740. The lowest BCUT2D eigenvalue weighted by Crippen LogP contribution is -2.35. The first-order chi connectivity index (χ1) is 27.0. The fourth-order valence-electron chi connectivity index (χ4n) is 7.46. The highest BCUT2D eigenvalue weighted by Gasteiger charge is 2.87. The summed E-state index contributed by atoms with van der Waals surface area (Å²) in [6, 6.07) is 5.22. The molecule has 0 aromatic carbocycles. The van der Waals surface area contributed by atoms with Crippen molar-refractivity contribution in [1.82, 2.24) is 24.6 Å². The van der Waals surface area contributed by atoms with Gasteiger partial charge in [-0.2, -0.15) is 10.4 Å². The minimum Gasteiger partial charge on any atom is -0.387 e. The molecule has 3 aromatic heterocycles. The monoisotopic (exact) mass is 801 g/mol. The zero-order valence-electron chi connectivity index (χ0n) is 32.8. The first-order valence-electron chi connectivity index (χ1n) is 20.3.